The number of carbonyl (C=O) groups is 2. The van der Waals surface area contributed by atoms with E-state index in [2.05, 4.69) is 10.6 Å². The summed E-state index contributed by atoms with van der Waals surface area (Å²) in [5.41, 5.74) is 1.31. The molecule has 2 amide bonds. The van der Waals surface area contributed by atoms with Crippen molar-refractivity contribution in [3.8, 4) is 0 Å². The summed E-state index contributed by atoms with van der Waals surface area (Å²) in [6, 6.07) is 5.07. The third-order valence-corrected chi connectivity index (χ3v) is 7.72. The van der Waals surface area contributed by atoms with E-state index in [0.717, 1.165) is 18.4 Å². The van der Waals surface area contributed by atoms with Gasteiger partial charge in [0, 0.05) is 30.3 Å². The first-order chi connectivity index (χ1) is 12.8. The van der Waals surface area contributed by atoms with Gasteiger partial charge in [0.05, 0.1) is 5.25 Å². The number of sulfonamides is 1. The lowest BCUT2D eigenvalue weighted by atomic mass is 9.98. The molecule has 1 aliphatic carbocycles. The first-order valence-corrected chi connectivity index (χ1v) is 11.0. The highest BCUT2D eigenvalue weighted by molar-refractivity contribution is 7.90. The second kappa shape index (κ2) is 8.16. The molecule has 0 atom stereocenters. The van der Waals surface area contributed by atoms with E-state index in [1.165, 1.54) is 0 Å². The molecule has 9 heteroatoms. The number of carbonyl (C=O) groups excluding carboxylic acids is 2. The maximum Gasteiger partial charge on any atom is 0.313 e. The first-order valence-electron chi connectivity index (χ1n) is 9.11. The molecule has 1 aliphatic heterocycles. The molecule has 1 heterocycles. The SMILES string of the molecule is Cc1ccc(Cl)cc1NC(=O)C(=O)NCC1CCN(S(=O)(=O)C2CC2)CC1. The third kappa shape index (κ3) is 5.00. The van der Waals surface area contributed by atoms with Gasteiger partial charge in [0.25, 0.3) is 0 Å². The molecular formula is C18H24ClN3O4S. The van der Waals surface area contributed by atoms with Crippen LogP contribution in [0, 0.1) is 12.8 Å². The number of nitrogens with one attached hydrogen (secondary N) is 2. The van der Waals surface area contributed by atoms with Crippen molar-refractivity contribution in [1.29, 1.82) is 0 Å². The molecule has 7 nitrogen and oxygen atoms in total. The van der Waals surface area contributed by atoms with Gasteiger partial charge in [-0.25, -0.2) is 12.7 Å². The highest BCUT2D eigenvalue weighted by Gasteiger charge is 2.41. The minimum absolute atomic E-state index is 0.167. The van der Waals surface area contributed by atoms with E-state index in [1.807, 2.05) is 6.92 Å². The third-order valence-electron chi connectivity index (χ3n) is 5.08. The molecular weight excluding hydrogens is 390 g/mol. The van der Waals surface area contributed by atoms with E-state index < -0.39 is 21.8 Å². The lowest BCUT2D eigenvalue weighted by Gasteiger charge is -2.31. The van der Waals surface area contributed by atoms with Gasteiger partial charge in [-0.1, -0.05) is 17.7 Å². The van der Waals surface area contributed by atoms with E-state index in [1.54, 1.807) is 22.5 Å². The molecule has 27 heavy (non-hydrogen) atoms. The van der Waals surface area contributed by atoms with Crippen molar-refractivity contribution in [2.75, 3.05) is 25.0 Å². The van der Waals surface area contributed by atoms with Gasteiger partial charge >= 0.3 is 11.8 Å². The molecule has 2 aliphatic rings. The van der Waals surface area contributed by atoms with Crippen LogP contribution < -0.4 is 10.6 Å². The first kappa shape index (κ1) is 20.1. The van der Waals surface area contributed by atoms with Gasteiger partial charge in [0.1, 0.15) is 0 Å². The smallest absolute Gasteiger partial charge is 0.313 e. The van der Waals surface area contributed by atoms with E-state index in [9.17, 15) is 18.0 Å². The summed E-state index contributed by atoms with van der Waals surface area (Å²) < 4.78 is 26.0. The van der Waals surface area contributed by atoms with Crippen LogP contribution in [0.4, 0.5) is 5.69 Å². The van der Waals surface area contributed by atoms with Crippen LogP contribution >= 0.6 is 11.6 Å². The van der Waals surface area contributed by atoms with Crippen LogP contribution in [0.5, 0.6) is 0 Å². The van der Waals surface area contributed by atoms with Gasteiger partial charge in [0.15, 0.2) is 0 Å². The fourth-order valence-corrected chi connectivity index (χ4v) is 5.22. The van der Waals surface area contributed by atoms with Crippen molar-refractivity contribution in [2.45, 2.75) is 37.9 Å². The fourth-order valence-electron chi connectivity index (χ4n) is 3.17. The van der Waals surface area contributed by atoms with Crippen molar-refractivity contribution in [2.24, 2.45) is 5.92 Å². The number of anilines is 1. The zero-order valence-electron chi connectivity index (χ0n) is 15.2. The minimum atomic E-state index is -3.13. The van der Waals surface area contributed by atoms with E-state index in [4.69, 9.17) is 11.6 Å². The number of hydrogen-bond donors (Lipinski definition) is 2. The fraction of sp³-hybridized carbons (Fsp3) is 0.556. The Morgan fingerprint density at radius 2 is 1.81 bits per heavy atom. The second-order valence-corrected chi connectivity index (χ2v) is 9.86. The van der Waals surface area contributed by atoms with Crippen molar-refractivity contribution in [3.05, 3.63) is 28.8 Å². The molecule has 2 fully saturated rings. The summed E-state index contributed by atoms with van der Waals surface area (Å²) in [4.78, 5) is 24.1. The van der Waals surface area contributed by atoms with Crippen LogP contribution in [0.15, 0.2) is 18.2 Å². The lowest BCUT2D eigenvalue weighted by Crippen LogP contribution is -2.44. The molecule has 0 unspecified atom stereocenters. The Labute approximate surface area is 164 Å². The van der Waals surface area contributed by atoms with Crippen molar-refractivity contribution in [3.63, 3.8) is 0 Å². The Morgan fingerprint density at radius 1 is 1.15 bits per heavy atom. The average molecular weight is 414 g/mol. The van der Waals surface area contributed by atoms with Crippen molar-refractivity contribution < 1.29 is 18.0 Å². The Kier molecular flexibility index (Phi) is 6.08. The lowest BCUT2D eigenvalue weighted by molar-refractivity contribution is -0.136. The Balaban J connectivity index is 1.44. The number of rotatable bonds is 5. The van der Waals surface area contributed by atoms with Gasteiger partial charge in [-0.05, 0) is 56.2 Å². The summed E-state index contributed by atoms with van der Waals surface area (Å²) in [6.07, 6.45) is 2.89. The maximum absolute atomic E-state index is 12.2. The molecule has 0 bridgehead atoms. The van der Waals surface area contributed by atoms with Crippen molar-refractivity contribution >= 4 is 39.1 Å². The zero-order chi connectivity index (χ0) is 19.6. The molecule has 3 rings (SSSR count). The maximum atomic E-state index is 12.2. The highest BCUT2D eigenvalue weighted by Crippen LogP contribution is 2.33. The standard InChI is InChI=1S/C18H24ClN3O4S/c1-12-2-3-14(19)10-16(12)21-18(24)17(23)20-11-13-6-8-22(9-7-13)27(25,26)15-4-5-15/h2-3,10,13,15H,4-9,11H2,1H3,(H,20,23)(H,21,24). The predicted molar refractivity (Wildman–Crippen MR) is 104 cm³/mol. The molecule has 0 spiro atoms. The average Bonchev–Trinajstić information content (AvgIpc) is 3.48. The summed E-state index contributed by atoms with van der Waals surface area (Å²) in [5.74, 6) is -1.28. The van der Waals surface area contributed by atoms with Crippen LogP contribution in [0.1, 0.15) is 31.2 Å². The number of piperidine rings is 1. The normalized spacial score (nSPS) is 18.9. The minimum Gasteiger partial charge on any atom is -0.348 e. The Hall–Kier alpha value is -1.64. The second-order valence-electron chi connectivity index (χ2n) is 7.21. The Morgan fingerprint density at radius 3 is 2.44 bits per heavy atom. The van der Waals surface area contributed by atoms with Crippen LogP contribution in [0.3, 0.4) is 0 Å². The Bertz CT molecular complexity index is 831. The van der Waals surface area contributed by atoms with E-state index in [-0.39, 0.29) is 11.2 Å². The number of nitrogens with zero attached hydrogens (tertiary/aromatic N) is 1. The highest BCUT2D eigenvalue weighted by atomic mass is 35.5. The molecule has 1 aromatic carbocycles. The topological polar surface area (TPSA) is 95.6 Å². The molecule has 1 saturated carbocycles. The van der Waals surface area contributed by atoms with Crippen LogP contribution in [-0.4, -0.2) is 49.4 Å². The van der Waals surface area contributed by atoms with Crippen LogP contribution in [-0.2, 0) is 19.6 Å². The monoisotopic (exact) mass is 413 g/mol. The summed E-state index contributed by atoms with van der Waals surface area (Å²) in [6.45, 7) is 3.13. The molecule has 1 aromatic rings. The number of amides is 2. The summed E-state index contributed by atoms with van der Waals surface area (Å²) >= 11 is 5.91. The van der Waals surface area contributed by atoms with Gasteiger partial charge in [-0.3, -0.25) is 9.59 Å². The zero-order valence-corrected chi connectivity index (χ0v) is 16.8. The van der Waals surface area contributed by atoms with Gasteiger partial charge in [0.2, 0.25) is 10.0 Å². The van der Waals surface area contributed by atoms with Gasteiger partial charge in [-0.15, -0.1) is 0 Å². The quantitative estimate of drug-likeness (QED) is 0.720. The number of hydrogen-bond acceptors (Lipinski definition) is 4. The largest absolute Gasteiger partial charge is 0.348 e. The van der Waals surface area contributed by atoms with E-state index in [0.29, 0.717) is 43.2 Å². The molecule has 0 radical (unpaired) electrons. The molecule has 2 N–H and O–H groups in total. The predicted octanol–water partition coefficient (Wildman–Crippen LogP) is 1.91. The van der Waals surface area contributed by atoms with Crippen molar-refractivity contribution in [1.82, 2.24) is 9.62 Å². The number of benzene rings is 1. The van der Waals surface area contributed by atoms with Crippen LogP contribution in [0.2, 0.25) is 5.02 Å². The van der Waals surface area contributed by atoms with Gasteiger partial charge in [-0.2, -0.15) is 0 Å². The van der Waals surface area contributed by atoms with Gasteiger partial charge < -0.3 is 10.6 Å². The molecule has 1 saturated heterocycles. The summed E-state index contributed by atoms with van der Waals surface area (Å²) in [7, 11) is -3.13. The molecule has 0 aromatic heterocycles. The number of aryl methyl sites for hydroxylation is 1. The van der Waals surface area contributed by atoms with Crippen LogP contribution in [0.25, 0.3) is 0 Å². The van der Waals surface area contributed by atoms with E-state index >= 15 is 0 Å². The summed E-state index contributed by atoms with van der Waals surface area (Å²) in [5, 5.41) is 5.49. The molecule has 148 valence electrons. The number of halogens is 1.